The lowest BCUT2D eigenvalue weighted by Gasteiger charge is -2.10. The number of alkyl halides is 3. The van der Waals surface area contributed by atoms with E-state index in [0.717, 1.165) is 4.90 Å². The Morgan fingerprint density at radius 3 is 2.45 bits per heavy atom. The third-order valence-corrected chi connectivity index (χ3v) is 2.80. The number of benzene rings is 1. The molecule has 0 spiro atoms. The van der Waals surface area contributed by atoms with Gasteiger partial charge in [-0.3, -0.25) is 0 Å². The van der Waals surface area contributed by atoms with Crippen molar-refractivity contribution in [1.82, 2.24) is 4.90 Å². The van der Waals surface area contributed by atoms with E-state index in [9.17, 15) is 18.0 Å². The molecule has 1 N–H and O–H groups in total. The van der Waals surface area contributed by atoms with Crippen LogP contribution >= 0.6 is 11.6 Å². The van der Waals surface area contributed by atoms with Gasteiger partial charge in [-0.2, -0.15) is 13.2 Å². The predicted molar refractivity (Wildman–Crippen MR) is 67.3 cm³/mol. The van der Waals surface area contributed by atoms with Crippen LogP contribution in [0.3, 0.4) is 0 Å². The van der Waals surface area contributed by atoms with Gasteiger partial charge >= 0.3 is 12.2 Å². The van der Waals surface area contributed by atoms with E-state index in [1.165, 1.54) is 7.05 Å². The molecule has 0 bridgehead atoms. The average Bonchev–Trinajstić information content (AvgIpc) is 2.63. The molecule has 2 rings (SSSR count). The van der Waals surface area contributed by atoms with Gasteiger partial charge in [0.15, 0.2) is 0 Å². The molecule has 8 heteroatoms. The zero-order valence-electron chi connectivity index (χ0n) is 10.3. The summed E-state index contributed by atoms with van der Waals surface area (Å²) in [6, 6.07) is 5.73. The molecule has 0 fully saturated rings. The van der Waals surface area contributed by atoms with Crippen LogP contribution in [0, 0.1) is 0 Å². The highest BCUT2D eigenvalue weighted by molar-refractivity contribution is 6.30. The van der Waals surface area contributed by atoms with Gasteiger partial charge in [0.05, 0.1) is 0 Å². The molecule has 1 aliphatic heterocycles. The van der Waals surface area contributed by atoms with Crippen LogP contribution < -0.4 is 5.01 Å². The standard InChI is InChI=1S/C12H9ClF3N3O/c1-18-11(20)19(7-6-12(14,15)16)10(17-18)8-2-4-9(13)5-3-8/h2-7H,1H3/p+1/b7-6+. The van der Waals surface area contributed by atoms with Gasteiger partial charge in [-0.15, -0.1) is 5.01 Å². The molecule has 20 heavy (non-hydrogen) atoms. The topological polar surface area (TPSA) is 37.1 Å². The summed E-state index contributed by atoms with van der Waals surface area (Å²) >= 11 is 5.74. The van der Waals surface area contributed by atoms with Gasteiger partial charge in [-0.05, 0) is 24.3 Å². The minimum atomic E-state index is -4.50. The molecule has 0 aromatic heterocycles. The van der Waals surface area contributed by atoms with Crippen molar-refractivity contribution in [2.45, 2.75) is 6.18 Å². The number of nitrogens with zero attached hydrogens (tertiary/aromatic N) is 2. The van der Waals surface area contributed by atoms with Gasteiger partial charge in [0, 0.05) is 22.9 Å². The number of hydrogen-bond acceptors (Lipinski definition) is 2. The number of carbonyl (C=O) groups is 1. The Labute approximate surface area is 117 Å². The van der Waals surface area contributed by atoms with Crippen molar-refractivity contribution in [3.63, 3.8) is 0 Å². The summed E-state index contributed by atoms with van der Waals surface area (Å²) in [6.45, 7) is 0. The molecule has 1 unspecified atom stereocenters. The van der Waals surface area contributed by atoms with Crippen LogP contribution in [-0.2, 0) is 0 Å². The van der Waals surface area contributed by atoms with Crippen LogP contribution in [0.15, 0.2) is 41.6 Å². The maximum absolute atomic E-state index is 12.2. The highest BCUT2D eigenvalue weighted by atomic mass is 35.5. The van der Waals surface area contributed by atoms with E-state index >= 15 is 0 Å². The maximum atomic E-state index is 12.2. The molecular formula is C12H10ClF3N3O+. The summed E-state index contributed by atoms with van der Waals surface area (Å²) < 4.78 is 36.7. The number of halogens is 4. The summed E-state index contributed by atoms with van der Waals surface area (Å²) in [5.74, 6) is 0.143. The Bertz CT molecular complexity index is 581. The molecule has 4 nitrogen and oxygen atoms in total. The van der Waals surface area contributed by atoms with Crippen molar-refractivity contribution in [2.75, 3.05) is 7.05 Å². The number of hydrogen-bond donors (Lipinski definition) is 1. The zero-order chi connectivity index (χ0) is 14.9. The minimum absolute atomic E-state index is 0.00502. The lowest BCUT2D eigenvalue weighted by atomic mass is 10.2. The lowest BCUT2D eigenvalue weighted by Crippen LogP contribution is -3.06. The van der Waals surface area contributed by atoms with E-state index in [0.29, 0.717) is 16.8 Å². The number of carbonyl (C=O) groups excluding carboxylic acids is 1. The largest absolute Gasteiger partial charge is 0.453 e. The number of amidine groups is 1. The molecule has 106 valence electrons. The number of urea groups is 1. The highest BCUT2D eigenvalue weighted by Crippen LogP contribution is 2.18. The SMILES string of the molecule is C[NH+]1N=C(c2ccc(Cl)cc2)N(/C=C/C(F)(F)F)C1=O. The van der Waals surface area contributed by atoms with Gasteiger partial charge in [-0.1, -0.05) is 16.7 Å². The van der Waals surface area contributed by atoms with Crippen LogP contribution in [0.4, 0.5) is 18.0 Å². The summed E-state index contributed by atoms with van der Waals surface area (Å²) in [7, 11) is 1.44. The molecule has 0 radical (unpaired) electrons. The maximum Gasteiger partial charge on any atom is 0.453 e. The van der Waals surface area contributed by atoms with Crippen molar-refractivity contribution in [1.29, 1.82) is 0 Å². The fourth-order valence-electron chi connectivity index (χ4n) is 1.63. The molecule has 1 heterocycles. The van der Waals surface area contributed by atoms with Crippen LogP contribution in [0.2, 0.25) is 5.02 Å². The van der Waals surface area contributed by atoms with Crippen molar-refractivity contribution in [2.24, 2.45) is 5.10 Å². The second-order valence-electron chi connectivity index (χ2n) is 4.06. The van der Waals surface area contributed by atoms with Crippen molar-refractivity contribution >= 4 is 23.5 Å². The number of nitrogens with one attached hydrogen (secondary N) is 1. The summed E-state index contributed by atoms with van der Waals surface area (Å²) in [5.41, 5.74) is 0.506. The lowest BCUT2D eigenvalue weighted by molar-refractivity contribution is -0.796. The second-order valence-corrected chi connectivity index (χ2v) is 4.50. The van der Waals surface area contributed by atoms with E-state index in [4.69, 9.17) is 11.6 Å². The summed E-state index contributed by atoms with van der Waals surface area (Å²) in [6.07, 6.45) is -3.83. The van der Waals surface area contributed by atoms with E-state index < -0.39 is 12.2 Å². The summed E-state index contributed by atoms with van der Waals surface area (Å²) in [5, 5.41) is 4.61. The highest BCUT2D eigenvalue weighted by Gasteiger charge is 2.36. The normalized spacial score (nSPS) is 19.9. The third kappa shape index (κ3) is 3.17. The first kappa shape index (κ1) is 14.5. The Morgan fingerprint density at radius 1 is 1.30 bits per heavy atom. The molecule has 1 aliphatic rings. The fraction of sp³-hybridized carbons (Fsp3) is 0.167. The second kappa shape index (κ2) is 5.26. The molecule has 0 saturated carbocycles. The first-order chi connectivity index (χ1) is 9.28. The molecule has 1 aromatic carbocycles. The van der Waals surface area contributed by atoms with E-state index in [2.05, 4.69) is 5.10 Å². The van der Waals surface area contributed by atoms with Gasteiger partial charge in [0.1, 0.15) is 7.05 Å². The number of amides is 2. The van der Waals surface area contributed by atoms with Crippen molar-refractivity contribution in [3.8, 4) is 0 Å². The Balaban J connectivity index is 2.34. The molecular weight excluding hydrogens is 295 g/mol. The van der Waals surface area contributed by atoms with E-state index in [1.54, 1.807) is 24.3 Å². The number of quaternary nitrogens is 1. The third-order valence-electron chi connectivity index (χ3n) is 2.55. The Hall–Kier alpha value is -1.86. The van der Waals surface area contributed by atoms with Crippen LogP contribution in [0.25, 0.3) is 0 Å². The van der Waals surface area contributed by atoms with Gasteiger partial charge in [-0.25, -0.2) is 9.69 Å². The molecule has 0 aliphatic carbocycles. The molecule has 0 saturated heterocycles. The van der Waals surface area contributed by atoms with E-state index in [-0.39, 0.29) is 16.9 Å². The Morgan fingerprint density at radius 2 is 1.90 bits per heavy atom. The molecule has 1 aromatic rings. The molecule has 2 amide bonds. The van der Waals surface area contributed by atoms with Crippen molar-refractivity contribution in [3.05, 3.63) is 47.1 Å². The Kier molecular flexibility index (Phi) is 3.82. The quantitative estimate of drug-likeness (QED) is 0.892. The van der Waals surface area contributed by atoms with Gasteiger partial charge in [0.25, 0.3) is 0 Å². The van der Waals surface area contributed by atoms with Crippen LogP contribution in [-0.4, -0.2) is 30.0 Å². The van der Waals surface area contributed by atoms with Crippen molar-refractivity contribution < 1.29 is 23.0 Å². The molecule has 1 atom stereocenters. The van der Waals surface area contributed by atoms with Crippen LogP contribution in [0.5, 0.6) is 0 Å². The van der Waals surface area contributed by atoms with E-state index in [1.807, 2.05) is 0 Å². The average molecular weight is 305 g/mol. The zero-order valence-corrected chi connectivity index (χ0v) is 11.0. The number of rotatable bonds is 2. The smallest absolute Gasteiger partial charge is 0.213 e. The minimum Gasteiger partial charge on any atom is -0.213 e. The fourth-order valence-corrected chi connectivity index (χ4v) is 1.76. The first-order valence-corrected chi connectivity index (χ1v) is 5.93. The van der Waals surface area contributed by atoms with Gasteiger partial charge in [0.2, 0.25) is 5.84 Å². The first-order valence-electron chi connectivity index (χ1n) is 5.56. The predicted octanol–water partition coefficient (Wildman–Crippen LogP) is 2.03. The van der Waals surface area contributed by atoms with Gasteiger partial charge < -0.3 is 0 Å². The summed E-state index contributed by atoms with van der Waals surface area (Å²) in [4.78, 5) is 12.7. The number of allylic oxidation sites excluding steroid dienone is 1. The van der Waals surface area contributed by atoms with Crippen LogP contribution in [0.1, 0.15) is 5.56 Å². The monoisotopic (exact) mass is 304 g/mol.